The first-order chi connectivity index (χ1) is 16.0. The molecule has 1 aliphatic heterocycles. The van der Waals surface area contributed by atoms with E-state index in [0.717, 1.165) is 12.1 Å². The number of aliphatic carboxylic acids is 1. The van der Waals surface area contributed by atoms with Crippen molar-refractivity contribution in [2.45, 2.75) is 30.5 Å². The average Bonchev–Trinajstić information content (AvgIpc) is 2.77. The van der Waals surface area contributed by atoms with E-state index in [0.29, 0.717) is 0 Å². The molecule has 0 unspecified atom stereocenters. The molecule has 0 bridgehead atoms. The smallest absolute Gasteiger partial charge is 0.335 e. The van der Waals surface area contributed by atoms with E-state index < -0.39 is 69.9 Å². The number of aliphatic hydroxyl groups is 3. The van der Waals surface area contributed by atoms with Crippen molar-refractivity contribution in [1.82, 2.24) is 0 Å². The number of carboxylic acids is 1. The van der Waals surface area contributed by atoms with Gasteiger partial charge in [-0.2, -0.15) is 0 Å². The Labute approximate surface area is 190 Å². The minimum absolute atomic E-state index is 0.123. The molecule has 0 radical (unpaired) electrons. The van der Waals surface area contributed by atoms with Gasteiger partial charge in [-0.05, 0) is 18.2 Å². The fourth-order valence-corrected chi connectivity index (χ4v) is 3.90. The Bertz CT molecular complexity index is 1330. The monoisotopic (exact) mass is 476 g/mol. The van der Waals surface area contributed by atoms with Crippen LogP contribution in [0.3, 0.4) is 0 Å². The van der Waals surface area contributed by atoms with Crippen molar-refractivity contribution in [2.24, 2.45) is 0 Å². The summed E-state index contributed by atoms with van der Waals surface area (Å²) in [6.45, 7) is 0. The molecular weight excluding hydrogens is 456 g/mol. The number of hydrogen-bond donors (Lipinski definition) is 7. The number of aromatic hydroxyl groups is 3. The maximum atomic E-state index is 12.8. The van der Waals surface area contributed by atoms with E-state index in [-0.39, 0.29) is 22.8 Å². The highest BCUT2D eigenvalue weighted by Crippen LogP contribution is 2.44. The molecule has 1 aromatic heterocycles. The van der Waals surface area contributed by atoms with Crippen LogP contribution in [0.25, 0.3) is 22.3 Å². The van der Waals surface area contributed by atoms with Crippen LogP contribution in [0.5, 0.6) is 23.0 Å². The Hall–Kier alpha value is -3.84. The topological polar surface area (TPSA) is 207 Å². The molecule has 5 atom stereocenters. The third kappa shape index (κ3) is 3.68. The standard InChI is InChI=1S/C22H20O12/c1-32-12-3-2-7(4-8(12)23)13-6-11(26)14-9(24)5-10(25)15(19(14)33-13)20-17(28)16(27)18(29)21(34-20)22(30)31/h2-6,16-18,20-21,23-25,27-29H,1H3,(H,30,31)/t16-,17-,18+,20+,21+/m1/s1. The number of benzene rings is 2. The van der Waals surface area contributed by atoms with Gasteiger partial charge in [-0.3, -0.25) is 4.79 Å². The maximum absolute atomic E-state index is 12.8. The highest BCUT2D eigenvalue weighted by molar-refractivity contribution is 5.89. The highest BCUT2D eigenvalue weighted by Gasteiger charge is 2.49. The quantitative estimate of drug-likeness (QED) is 0.269. The van der Waals surface area contributed by atoms with Crippen molar-refractivity contribution in [3.63, 3.8) is 0 Å². The molecule has 12 heteroatoms. The molecule has 3 aromatic rings. The van der Waals surface area contributed by atoms with Crippen LogP contribution in [0.15, 0.2) is 39.5 Å². The molecule has 12 nitrogen and oxygen atoms in total. The summed E-state index contributed by atoms with van der Waals surface area (Å²) in [6, 6.07) is 5.88. The van der Waals surface area contributed by atoms with E-state index in [9.17, 15) is 45.3 Å². The highest BCUT2D eigenvalue weighted by atomic mass is 16.6. The van der Waals surface area contributed by atoms with Gasteiger partial charge >= 0.3 is 5.97 Å². The molecular formula is C22H20O12. The van der Waals surface area contributed by atoms with Crippen molar-refractivity contribution in [1.29, 1.82) is 0 Å². The van der Waals surface area contributed by atoms with Crippen LogP contribution in [0.4, 0.5) is 0 Å². The van der Waals surface area contributed by atoms with Crippen LogP contribution in [-0.2, 0) is 9.53 Å². The van der Waals surface area contributed by atoms with Crippen LogP contribution in [0.2, 0.25) is 0 Å². The van der Waals surface area contributed by atoms with E-state index in [4.69, 9.17) is 13.9 Å². The molecule has 0 spiro atoms. The van der Waals surface area contributed by atoms with Gasteiger partial charge < -0.3 is 49.6 Å². The number of hydrogen-bond acceptors (Lipinski definition) is 11. The van der Waals surface area contributed by atoms with Gasteiger partial charge in [0.05, 0.1) is 12.7 Å². The Balaban J connectivity index is 1.96. The number of carbonyl (C=O) groups is 1. The van der Waals surface area contributed by atoms with E-state index in [1.54, 1.807) is 0 Å². The zero-order chi connectivity index (χ0) is 24.9. The summed E-state index contributed by atoms with van der Waals surface area (Å²) in [5.74, 6) is -3.30. The second kappa shape index (κ2) is 8.50. The summed E-state index contributed by atoms with van der Waals surface area (Å²) in [5.41, 5.74) is -1.47. The Morgan fingerprint density at radius 3 is 2.26 bits per heavy atom. The summed E-state index contributed by atoms with van der Waals surface area (Å²) in [5, 5.41) is 70.4. The van der Waals surface area contributed by atoms with Gasteiger partial charge in [0.1, 0.15) is 47.1 Å². The maximum Gasteiger partial charge on any atom is 0.335 e. The van der Waals surface area contributed by atoms with Gasteiger partial charge in [0, 0.05) is 17.7 Å². The zero-order valence-electron chi connectivity index (χ0n) is 17.4. The number of methoxy groups -OCH3 is 1. The number of rotatable bonds is 4. The van der Waals surface area contributed by atoms with Crippen molar-refractivity contribution in [2.75, 3.05) is 7.11 Å². The fraction of sp³-hybridized carbons (Fsp3) is 0.273. The Morgan fingerprint density at radius 1 is 0.941 bits per heavy atom. The van der Waals surface area contributed by atoms with Crippen molar-refractivity contribution < 1.29 is 54.4 Å². The molecule has 180 valence electrons. The lowest BCUT2D eigenvalue weighted by Gasteiger charge is -2.39. The number of phenolic OH excluding ortho intramolecular Hbond substituents is 3. The van der Waals surface area contributed by atoms with E-state index in [1.165, 1.54) is 25.3 Å². The van der Waals surface area contributed by atoms with Gasteiger partial charge in [-0.25, -0.2) is 4.79 Å². The second-order valence-electron chi connectivity index (χ2n) is 7.68. The molecule has 0 aliphatic carbocycles. The molecule has 0 amide bonds. The summed E-state index contributed by atoms with van der Waals surface area (Å²) in [7, 11) is 1.34. The number of carboxylic acid groups (broad SMARTS) is 1. The lowest BCUT2D eigenvalue weighted by atomic mass is 9.89. The lowest BCUT2D eigenvalue weighted by Crippen LogP contribution is -2.56. The van der Waals surface area contributed by atoms with Crippen LogP contribution in [-0.4, -0.2) is 73.2 Å². The zero-order valence-corrected chi connectivity index (χ0v) is 17.4. The minimum atomic E-state index is -1.99. The van der Waals surface area contributed by atoms with Gasteiger partial charge in [-0.15, -0.1) is 0 Å². The third-order valence-corrected chi connectivity index (χ3v) is 5.60. The third-order valence-electron chi connectivity index (χ3n) is 5.60. The largest absolute Gasteiger partial charge is 0.507 e. The van der Waals surface area contributed by atoms with Gasteiger partial charge in [0.15, 0.2) is 28.6 Å². The fourth-order valence-electron chi connectivity index (χ4n) is 3.90. The van der Waals surface area contributed by atoms with Crippen LogP contribution < -0.4 is 10.2 Å². The van der Waals surface area contributed by atoms with E-state index in [1.807, 2.05) is 0 Å². The predicted molar refractivity (Wildman–Crippen MR) is 113 cm³/mol. The number of aliphatic hydroxyl groups excluding tert-OH is 3. The molecule has 34 heavy (non-hydrogen) atoms. The Morgan fingerprint density at radius 2 is 1.65 bits per heavy atom. The first-order valence-corrected chi connectivity index (χ1v) is 9.87. The molecule has 2 aromatic carbocycles. The summed E-state index contributed by atoms with van der Waals surface area (Å²) >= 11 is 0. The van der Waals surface area contributed by atoms with Gasteiger partial charge in [0.25, 0.3) is 0 Å². The summed E-state index contributed by atoms with van der Waals surface area (Å²) in [4.78, 5) is 24.3. The molecule has 0 saturated carbocycles. The Kier molecular flexibility index (Phi) is 5.83. The second-order valence-corrected chi connectivity index (χ2v) is 7.68. The average molecular weight is 476 g/mol. The molecule has 2 heterocycles. The number of fused-ring (bicyclic) bond motifs is 1. The predicted octanol–water partition coefficient (Wildman–Crippen LogP) is 0.193. The van der Waals surface area contributed by atoms with Crippen LogP contribution in [0.1, 0.15) is 11.7 Å². The van der Waals surface area contributed by atoms with Crippen LogP contribution in [0, 0.1) is 0 Å². The first-order valence-electron chi connectivity index (χ1n) is 9.87. The minimum Gasteiger partial charge on any atom is -0.507 e. The van der Waals surface area contributed by atoms with Crippen LogP contribution >= 0.6 is 0 Å². The normalized spacial score (nSPS) is 24.8. The molecule has 7 N–H and O–H groups in total. The summed E-state index contributed by atoms with van der Waals surface area (Å²) in [6.07, 6.45) is -9.68. The number of ether oxygens (including phenoxy) is 2. The molecule has 1 saturated heterocycles. The molecule has 4 rings (SSSR count). The molecule has 1 fully saturated rings. The van der Waals surface area contributed by atoms with Crippen molar-refractivity contribution in [3.05, 3.63) is 46.1 Å². The SMILES string of the molecule is COc1ccc(-c2cc(=O)c3c(O)cc(O)c([C@@H]4O[C@H](C(=O)O)[C@@H](O)[C@H](O)[C@H]4O)c3o2)cc1O. The first kappa shape index (κ1) is 23.3. The van der Waals surface area contributed by atoms with E-state index in [2.05, 4.69) is 0 Å². The van der Waals surface area contributed by atoms with Gasteiger partial charge in [0.2, 0.25) is 0 Å². The van der Waals surface area contributed by atoms with Crippen molar-refractivity contribution >= 4 is 16.9 Å². The van der Waals surface area contributed by atoms with Gasteiger partial charge in [-0.1, -0.05) is 0 Å². The summed E-state index contributed by atoms with van der Waals surface area (Å²) < 4.78 is 16.0. The van der Waals surface area contributed by atoms with E-state index >= 15 is 0 Å². The number of phenols is 3. The van der Waals surface area contributed by atoms with Crippen molar-refractivity contribution in [3.8, 4) is 34.3 Å². The lowest BCUT2D eigenvalue weighted by molar-refractivity contribution is -0.229. The molecule has 1 aliphatic rings.